The van der Waals surface area contributed by atoms with Crippen molar-refractivity contribution in [2.45, 2.75) is 51.9 Å². The molecule has 3 aliphatic rings. The average Bonchev–Trinajstić information content (AvgIpc) is 3.12. The number of nitrogens with zero attached hydrogens (tertiary/aromatic N) is 2. The summed E-state index contributed by atoms with van der Waals surface area (Å²) in [5, 5.41) is 0. The lowest BCUT2D eigenvalue weighted by Gasteiger charge is -2.41. The number of rotatable bonds is 3. The van der Waals surface area contributed by atoms with Crippen LogP contribution in [0, 0.1) is 17.3 Å². The van der Waals surface area contributed by atoms with Crippen molar-refractivity contribution in [1.29, 1.82) is 0 Å². The van der Waals surface area contributed by atoms with Crippen molar-refractivity contribution in [2.24, 2.45) is 28.0 Å². The van der Waals surface area contributed by atoms with Gasteiger partial charge in [0.25, 0.3) is 0 Å². The van der Waals surface area contributed by atoms with Gasteiger partial charge in [0, 0.05) is 19.6 Å². The van der Waals surface area contributed by atoms with Gasteiger partial charge in [-0.3, -0.25) is 4.99 Å². The molecular formula is C15H27N3. The first kappa shape index (κ1) is 12.3. The van der Waals surface area contributed by atoms with E-state index in [9.17, 15) is 0 Å². The van der Waals surface area contributed by atoms with E-state index in [1.807, 2.05) is 0 Å². The SMILES string of the molecule is CC1CCCN(C(N)=NCC2(C3CC3)CCC2)C1. The quantitative estimate of drug-likeness (QED) is 0.617. The van der Waals surface area contributed by atoms with Crippen LogP contribution in [0.3, 0.4) is 0 Å². The Labute approximate surface area is 111 Å². The number of piperidine rings is 1. The van der Waals surface area contributed by atoms with Crippen molar-refractivity contribution >= 4 is 5.96 Å². The Balaban J connectivity index is 1.57. The van der Waals surface area contributed by atoms with Crippen LogP contribution in [0.4, 0.5) is 0 Å². The van der Waals surface area contributed by atoms with Gasteiger partial charge in [0.1, 0.15) is 0 Å². The van der Waals surface area contributed by atoms with Crippen LogP contribution in [0.5, 0.6) is 0 Å². The fraction of sp³-hybridized carbons (Fsp3) is 0.933. The summed E-state index contributed by atoms with van der Waals surface area (Å²) in [5.41, 5.74) is 6.75. The number of aliphatic imine (C=N–C) groups is 1. The van der Waals surface area contributed by atoms with Gasteiger partial charge in [-0.1, -0.05) is 13.3 Å². The third-order valence-corrected chi connectivity index (χ3v) is 5.33. The third kappa shape index (κ3) is 2.36. The van der Waals surface area contributed by atoms with E-state index in [0.717, 1.165) is 37.4 Å². The van der Waals surface area contributed by atoms with Crippen LogP contribution >= 0.6 is 0 Å². The van der Waals surface area contributed by atoms with Gasteiger partial charge in [-0.15, -0.1) is 0 Å². The molecule has 0 amide bonds. The molecule has 0 aromatic carbocycles. The first-order valence-electron chi connectivity index (χ1n) is 7.74. The molecule has 1 atom stereocenters. The molecule has 3 nitrogen and oxygen atoms in total. The highest BCUT2D eigenvalue weighted by atomic mass is 15.3. The maximum atomic E-state index is 6.19. The maximum Gasteiger partial charge on any atom is 0.191 e. The molecule has 1 aliphatic heterocycles. The van der Waals surface area contributed by atoms with Gasteiger partial charge in [0.2, 0.25) is 0 Å². The Morgan fingerprint density at radius 2 is 2.06 bits per heavy atom. The van der Waals surface area contributed by atoms with Crippen LogP contribution in [0.2, 0.25) is 0 Å². The molecule has 0 aromatic heterocycles. The molecule has 3 heteroatoms. The predicted octanol–water partition coefficient (Wildman–Crippen LogP) is 2.61. The minimum absolute atomic E-state index is 0.562. The molecule has 0 bridgehead atoms. The molecule has 3 rings (SSSR count). The van der Waals surface area contributed by atoms with Crippen LogP contribution in [0.25, 0.3) is 0 Å². The van der Waals surface area contributed by atoms with Gasteiger partial charge in [0.05, 0.1) is 0 Å². The number of hydrogen-bond acceptors (Lipinski definition) is 1. The largest absolute Gasteiger partial charge is 0.370 e. The summed E-state index contributed by atoms with van der Waals surface area (Å²) in [6, 6.07) is 0. The van der Waals surface area contributed by atoms with Gasteiger partial charge in [-0.25, -0.2) is 0 Å². The zero-order chi connectivity index (χ0) is 12.6. The van der Waals surface area contributed by atoms with E-state index in [0.29, 0.717) is 5.41 Å². The van der Waals surface area contributed by atoms with Crippen molar-refractivity contribution in [3.8, 4) is 0 Å². The fourth-order valence-electron chi connectivity index (χ4n) is 3.76. The molecule has 18 heavy (non-hydrogen) atoms. The van der Waals surface area contributed by atoms with Gasteiger partial charge in [-0.2, -0.15) is 0 Å². The number of nitrogens with two attached hydrogens (primary N) is 1. The van der Waals surface area contributed by atoms with E-state index in [-0.39, 0.29) is 0 Å². The zero-order valence-electron chi connectivity index (χ0n) is 11.7. The molecular weight excluding hydrogens is 222 g/mol. The molecule has 3 fully saturated rings. The van der Waals surface area contributed by atoms with Gasteiger partial charge >= 0.3 is 0 Å². The summed E-state index contributed by atoms with van der Waals surface area (Å²) in [5.74, 6) is 2.56. The number of likely N-dealkylation sites (tertiary alicyclic amines) is 1. The van der Waals surface area contributed by atoms with Crippen LogP contribution in [-0.4, -0.2) is 30.5 Å². The summed E-state index contributed by atoms with van der Waals surface area (Å²) < 4.78 is 0. The van der Waals surface area contributed by atoms with E-state index in [1.54, 1.807) is 0 Å². The summed E-state index contributed by atoms with van der Waals surface area (Å²) in [7, 11) is 0. The number of hydrogen-bond donors (Lipinski definition) is 1. The van der Waals surface area contributed by atoms with Crippen molar-refractivity contribution in [1.82, 2.24) is 4.90 Å². The van der Waals surface area contributed by atoms with E-state index < -0.39 is 0 Å². The van der Waals surface area contributed by atoms with Crippen molar-refractivity contribution in [2.75, 3.05) is 19.6 Å². The second kappa shape index (κ2) is 4.75. The van der Waals surface area contributed by atoms with Gasteiger partial charge < -0.3 is 10.6 Å². The van der Waals surface area contributed by atoms with Gasteiger partial charge in [-0.05, 0) is 55.8 Å². The Hall–Kier alpha value is -0.730. The highest BCUT2D eigenvalue weighted by Crippen LogP contribution is 2.57. The van der Waals surface area contributed by atoms with E-state index in [1.165, 1.54) is 44.9 Å². The molecule has 2 N–H and O–H groups in total. The highest BCUT2D eigenvalue weighted by molar-refractivity contribution is 5.78. The minimum atomic E-state index is 0.562. The summed E-state index contributed by atoms with van der Waals surface area (Å²) in [6.07, 6.45) is 9.69. The van der Waals surface area contributed by atoms with E-state index >= 15 is 0 Å². The Morgan fingerprint density at radius 3 is 2.61 bits per heavy atom. The second-order valence-electron chi connectivity index (χ2n) is 6.86. The normalized spacial score (nSPS) is 32.2. The Morgan fingerprint density at radius 1 is 1.28 bits per heavy atom. The first-order valence-corrected chi connectivity index (χ1v) is 7.74. The smallest absolute Gasteiger partial charge is 0.191 e. The lowest BCUT2D eigenvalue weighted by Crippen LogP contribution is -2.44. The minimum Gasteiger partial charge on any atom is -0.370 e. The maximum absolute atomic E-state index is 6.19. The van der Waals surface area contributed by atoms with Crippen molar-refractivity contribution < 1.29 is 0 Å². The van der Waals surface area contributed by atoms with Crippen molar-refractivity contribution in [3.05, 3.63) is 0 Å². The Kier molecular flexibility index (Phi) is 3.25. The summed E-state index contributed by atoms with van der Waals surface area (Å²) in [6.45, 7) is 5.52. The summed E-state index contributed by atoms with van der Waals surface area (Å²) >= 11 is 0. The molecule has 0 spiro atoms. The topological polar surface area (TPSA) is 41.6 Å². The van der Waals surface area contributed by atoms with Gasteiger partial charge in [0.15, 0.2) is 5.96 Å². The fourth-order valence-corrected chi connectivity index (χ4v) is 3.76. The van der Waals surface area contributed by atoms with E-state index in [4.69, 9.17) is 10.7 Å². The lowest BCUT2D eigenvalue weighted by molar-refractivity contribution is 0.112. The standard InChI is InChI=1S/C15H27N3/c1-12-4-2-9-18(10-12)14(16)17-11-15(7-3-8-15)13-5-6-13/h12-13H,2-11H2,1H3,(H2,16,17). The van der Waals surface area contributed by atoms with Crippen LogP contribution in [0.1, 0.15) is 51.9 Å². The first-order chi connectivity index (χ1) is 8.70. The Bertz CT molecular complexity index is 329. The highest BCUT2D eigenvalue weighted by Gasteiger charge is 2.48. The van der Waals surface area contributed by atoms with Crippen LogP contribution in [-0.2, 0) is 0 Å². The predicted molar refractivity (Wildman–Crippen MR) is 75.5 cm³/mol. The van der Waals surface area contributed by atoms with Crippen LogP contribution < -0.4 is 5.73 Å². The second-order valence-corrected chi connectivity index (χ2v) is 6.86. The molecule has 1 unspecified atom stereocenters. The lowest BCUT2D eigenvalue weighted by atomic mass is 9.65. The third-order valence-electron chi connectivity index (χ3n) is 5.33. The average molecular weight is 249 g/mol. The molecule has 1 heterocycles. The molecule has 2 aliphatic carbocycles. The van der Waals surface area contributed by atoms with E-state index in [2.05, 4.69) is 11.8 Å². The molecule has 1 saturated heterocycles. The summed E-state index contributed by atoms with van der Waals surface area (Å²) in [4.78, 5) is 7.06. The van der Waals surface area contributed by atoms with Crippen molar-refractivity contribution in [3.63, 3.8) is 0 Å². The van der Waals surface area contributed by atoms with Crippen LogP contribution in [0.15, 0.2) is 4.99 Å². The molecule has 2 saturated carbocycles. The zero-order valence-corrected chi connectivity index (χ0v) is 11.7. The molecule has 0 aromatic rings. The molecule has 0 radical (unpaired) electrons. The molecule has 102 valence electrons. The number of guanidine groups is 1. The monoisotopic (exact) mass is 249 g/mol.